The molecule has 2 atom stereocenters. The maximum Gasteiger partial charge on any atom is 0.220 e. The molecule has 0 aliphatic carbocycles. The molecule has 2 saturated heterocycles. The van der Waals surface area contributed by atoms with Gasteiger partial charge in [-0.3, -0.25) is 9.89 Å². The molecule has 0 radical (unpaired) electrons. The fourth-order valence-corrected chi connectivity index (χ4v) is 3.84. The number of carbonyl (C=O) groups excluding carboxylic acids is 1. The second-order valence-electron chi connectivity index (χ2n) is 7.07. The lowest BCUT2D eigenvalue weighted by Crippen LogP contribution is -2.49. The van der Waals surface area contributed by atoms with Crippen LogP contribution in [0, 0.1) is 25.7 Å². The molecule has 24 heavy (non-hydrogen) atoms. The third-order valence-electron chi connectivity index (χ3n) is 5.56. The Hall–Kier alpha value is -1.40. The normalized spacial score (nSPS) is 25.6. The maximum absolute atomic E-state index is 12.4. The summed E-state index contributed by atoms with van der Waals surface area (Å²) in [5, 5.41) is 10.5. The van der Waals surface area contributed by atoms with Crippen molar-refractivity contribution in [2.75, 3.05) is 26.4 Å². The Balaban J connectivity index is 1.52. The molecule has 1 aromatic heterocycles. The molecule has 3 rings (SSSR count). The first-order valence-electron chi connectivity index (χ1n) is 9.10. The van der Waals surface area contributed by atoms with Gasteiger partial charge in [-0.2, -0.15) is 5.10 Å². The average molecular weight is 335 g/mol. The van der Waals surface area contributed by atoms with Gasteiger partial charge in [0, 0.05) is 50.3 Å². The van der Waals surface area contributed by atoms with Crippen LogP contribution in [-0.4, -0.2) is 48.6 Å². The Kier molecular flexibility index (Phi) is 5.89. The molecule has 0 aromatic carbocycles. The SMILES string of the molecule is Cc1[nH]nc(CCC(=O)N[C@H]2CCOC[C@H]2C2CCOCC2)c1C. The summed E-state index contributed by atoms with van der Waals surface area (Å²) >= 11 is 0. The molecule has 3 heterocycles. The highest BCUT2D eigenvalue weighted by atomic mass is 16.5. The van der Waals surface area contributed by atoms with Crippen molar-refractivity contribution >= 4 is 5.91 Å². The van der Waals surface area contributed by atoms with Gasteiger partial charge in [-0.15, -0.1) is 0 Å². The van der Waals surface area contributed by atoms with E-state index in [1.54, 1.807) is 0 Å². The van der Waals surface area contributed by atoms with Gasteiger partial charge < -0.3 is 14.8 Å². The van der Waals surface area contributed by atoms with Crippen LogP contribution in [0.5, 0.6) is 0 Å². The molecule has 2 aliphatic rings. The summed E-state index contributed by atoms with van der Waals surface area (Å²) in [6.07, 6.45) is 4.24. The van der Waals surface area contributed by atoms with Gasteiger partial charge in [0.2, 0.25) is 5.91 Å². The van der Waals surface area contributed by atoms with Crippen LogP contribution in [-0.2, 0) is 20.7 Å². The highest BCUT2D eigenvalue weighted by molar-refractivity contribution is 5.76. The molecular formula is C18H29N3O3. The van der Waals surface area contributed by atoms with E-state index >= 15 is 0 Å². The number of rotatable bonds is 5. The Morgan fingerprint density at radius 2 is 1.96 bits per heavy atom. The number of H-pyrrole nitrogens is 1. The highest BCUT2D eigenvalue weighted by Crippen LogP contribution is 2.30. The molecule has 0 bridgehead atoms. The van der Waals surface area contributed by atoms with E-state index in [0.29, 0.717) is 24.7 Å². The first-order chi connectivity index (χ1) is 11.6. The number of carbonyl (C=O) groups is 1. The van der Waals surface area contributed by atoms with Crippen LogP contribution in [0.4, 0.5) is 0 Å². The van der Waals surface area contributed by atoms with Crippen molar-refractivity contribution in [1.82, 2.24) is 15.5 Å². The van der Waals surface area contributed by atoms with Crippen molar-refractivity contribution in [3.63, 3.8) is 0 Å². The van der Waals surface area contributed by atoms with Crippen molar-refractivity contribution in [3.8, 4) is 0 Å². The molecule has 2 N–H and O–H groups in total. The predicted molar refractivity (Wildman–Crippen MR) is 90.8 cm³/mol. The van der Waals surface area contributed by atoms with Crippen LogP contribution in [0.2, 0.25) is 0 Å². The summed E-state index contributed by atoms with van der Waals surface area (Å²) in [7, 11) is 0. The predicted octanol–water partition coefficient (Wildman–Crippen LogP) is 1.91. The molecule has 2 aliphatic heterocycles. The summed E-state index contributed by atoms with van der Waals surface area (Å²) in [4.78, 5) is 12.4. The smallest absolute Gasteiger partial charge is 0.220 e. The molecule has 0 saturated carbocycles. The van der Waals surface area contributed by atoms with Crippen LogP contribution >= 0.6 is 0 Å². The minimum absolute atomic E-state index is 0.124. The number of hydrogen-bond acceptors (Lipinski definition) is 4. The number of aryl methyl sites for hydroxylation is 2. The highest BCUT2D eigenvalue weighted by Gasteiger charge is 2.34. The number of ether oxygens (including phenoxy) is 2. The summed E-state index contributed by atoms with van der Waals surface area (Å²) in [5.74, 6) is 1.14. The maximum atomic E-state index is 12.4. The minimum atomic E-state index is 0.124. The first kappa shape index (κ1) is 17.4. The molecule has 1 amide bonds. The van der Waals surface area contributed by atoms with E-state index in [1.807, 2.05) is 13.8 Å². The van der Waals surface area contributed by atoms with Crippen LogP contribution in [0.15, 0.2) is 0 Å². The molecule has 6 heteroatoms. The van der Waals surface area contributed by atoms with Crippen LogP contribution in [0.1, 0.15) is 42.6 Å². The molecule has 1 aromatic rings. The van der Waals surface area contributed by atoms with E-state index in [9.17, 15) is 4.79 Å². The number of aromatic amines is 1. The van der Waals surface area contributed by atoms with Crippen molar-refractivity contribution in [2.45, 2.75) is 52.0 Å². The number of nitrogens with zero attached hydrogens (tertiary/aromatic N) is 1. The van der Waals surface area contributed by atoms with Crippen molar-refractivity contribution in [1.29, 1.82) is 0 Å². The number of hydrogen-bond donors (Lipinski definition) is 2. The van der Waals surface area contributed by atoms with E-state index in [-0.39, 0.29) is 11.9 Å². The van der Waals surface area contributed by atoms with Gasteiger partial charge in [0.05, 0.1) is 12.3 Å². The third kappa shape index (κ3) is 4.16. The van der Waals surface area contributed by atoms with Crippen molar-refractivity contribution in [2.24, 2.45) is 11.8 Å². The van der Waals surface area contributed by atoms with Gasteiger partial charge in [0.15, 0.2) is 0 Å². The molecular weight excluding hydrogens is 306 g/mol. The topological polar surface area (TPSA) is 76.2 Å². The lowest BCUT2D eigenvalue weighted by atomic mass is 9.79. The summed E-state index contributed by atoms with van der Waals surface area (Å²) in [6, 6.07) is 0.233. The van der Waals surface area contributed by atoms with Gasteiger partial charge >= 0.3 is 0 Å². The standard InChI is InChI=1S/C18H29N3O3/c1-12-13(2)20-21-16(12)3-4-18(22)19-17-7-10-24-11-15(17)14-5-8-23-9-6-14/h14-15,17H,3-11H2,1-2H3,(H,19,22)(H,20,21)/t15-,17-/m0/s1. The van der Waals surface area contributed by atoms with Crippen LogP contribution < -0.4 is 5.32 Å². The second kappa shape index (κ2) is 8.12. The lowest BCUT2D eigenvalue weighted by molar-refractivity contribution is -0.123. The largest absolute Gasteiger partial charge is 0.381 e. The van der Waals surface area contributed by atoms with Gasteiger partial charge in [-0.1, -0.05) is 0 Å². The fraction of sp³-hybridized carbons (Fsp3) is 0.778. The second-order valence-corrected chi connectivity index (χ2v) is 7.07. The van der Waals surface area contributed by atoms with Crippen LogP contribution in [0.25, 0.3) is 0 Å². The minimum Gasteiger partial charge on any atom is -0.381 e. The monoisotopic (exact) mass is 335 g/mol. The van der Waals surface area contributed by atoms with Gasteiger partial charge in [-0.05, 0) is 44.6 Å². The number of nitrogens with one attached hydrogen (secondary N) is 2. The van der Waals surface area contributed by atoms with E-state index in [2.05, 4.69) is 15.5 Å². The summed E-state index contributed by atoms with van der Waals surface area (Å²) in [6.45, 7) is 7.22. The third-order valence-corrected chi connectivity index (χ3v) is 5.56. The molecule has 6 nitrogen and oxygen atoms in total. The summed E-state index contributed by atoms with van der Waals surface area (Å²) in [5.41, 5.74) is 3.24. The fourth-order valence-electron chi connectivity index (χ4n) is 3.84. The number of amides is 1. The Morgan fingerprint density at radius 3 is 2.67 bits per heavy atom. The Bertz CT molecular complexity index is 552. The quantitative estimate of drug-likeness (QED) is 0.862. The van der Waals surface area contributed by atoms with E-state index < -0.39 is 0 Å². The van der Waals surface area contributed by atoms with E-state index in [0.717, 1.165) is 62.6 Å². The number of aromatic nitrogens is 2. The van der Waals surface area contributed by atoms with Gasteiger partial charge in [0.25, 0.3) is 0 Å². The lowest BCUT2D eigenvalue weighted by Gasteiger charge is -2.39. The average Bonchev–Trinajstić information content (AvgIpc) is 2.93. The molecule has 134 valence electrons. The Morgan fingerprint density at radius 1 is 1.21 bits per heavy atom. The van der Waals surface area contributed by atoms with E-state index in [1.165, 1.54) is 0 Å². The van der Waals surface area contributed by atoms with Crippen molar-refractivity contribution in [3.05, 3.63) is 17.0 Å². The van der Waals surface area contributed by atoms with Crippen molar-refractivity contribution < 1.29 is 14.3 Å². The zero-order valence-corrected chi connectivity index (χ0v) is 14.8. The first-order valence-corrected chi connectivity index (χ1v) is 9.10. The molecule has 0 spiro atoms. The molecule has 2 fully saturated rings. The summed E-state index contributed by atoms with van der Waals surface area (Å²) < 4.78 is 11.2. The molecule has 0 unspecified atom stereocenters. The van der Waals surface area contributed by atoms with Gasteiger partial charge in [-0.25, -0.2) is 0 Å². The van der Waals surface area contributed by atoms with E-state index in [4.69, 9.17) is 9.47 Å². The van der Waals surface area contributed by atoms with Crippen LogP contribution in [0.3, 0.4) is 0 Å². The Labute approximate surface area is 143 Å². The zero-order chi connectivity index (χ0) is 16.9. The zero-order valence-electron chi connectivity index (χ0n) is 14.8. The van der Waals surface area contributed by atoms with Gasteiger partial charge in [0.1, 0.15) is 0 Å².